The van der Waals surface area contributed by atoms with Crippen LogP contribution < -0.4 is 20.1 Å². The highest BCUT2D eigenvalue weighted by Crippen LogP contribution is 2.39. The van der Waals surface area contributed by atoms with Gasteiger partial charge >= 0.3 is 12.1 Å². The number of carboxylic acid groups (broad SMARTS) is 1. The van der Waals surface area contributed by atoms with Gasteiger partial charge in [-0.25, -0.2) is 9.59 Å². The van der Waals surface area contributed by atoms with Gasteiger partial charge < -0.3 is 44.6 Å². The summed E-state index contributed by atoms with van der Waals surface area (Å²) in [6, 6.07) is 19.6. The molecule has 12 heteroatoms. The van der Waals surface area contributed by atoms with Gasteiger partial charge in [0.05, 0.1) is 51.2 Å². The number of nitrogens with zero attached hydrogens (tertiary/aromatic N) is 1. The largest absolute Gasteiger partial charge is 0.496 e. The van der Waals surface area contributed by atoms with Crippen LogP contribution >= 0.6 is 15.9 Å². The third kappa shape index (κ3) is 9.26. The van der Waals surface area contributed by atoms with Crippen molar-refractivity contribution in [3.8, 4) is 11.5 Å². The molecule has 49 heavy (non-hydrogen) atoms. The predicted octanol–water partition coefficient (Wildman–Crippen LogP) is 7.15. The van der Waals surface area contributed by atoms with Gasteiger partial charge in [0.2, 0.25) is 0 Å². The fourth-order valence-electron chi connectivity index (χ4n) is 6.26. The Kier molecular flexibility index (Phi) is 12.8. The minimum atomic E-state index is -0.968. The summed E-state index contributed by atoms with van der Waals surface area (Å²) in [5.74, 6) is 1.53. The lowest BCUT2D eigenvalue weighted by Gasteiger charge is -2.39. The molecule has 3 aromatic carbocycles. The van der Waals surface area contributed by atoms with Crippen molar-refractivity contribution in [2.24, 2.45) is 0 Å². The number of nitrogens with one attached hydrogen (secondary N) is 3. The molecule has 0 radical (unpaired) electrons. The van der Waals surface area contributed by atoms with Gasteiger partial charge in [0.25, 0.3) is 0 Å². The molecule has 1 aliphatic heterocycles. The van der Waals surface area contributed by atoms with E-state index >= 15 is 0 Å². The molecule has 4 N–H and O–H groups in total. The second-order valence-electron chi connectivity index (χ2n) is 12.1. The standard InChI is InChI=1S/C37H45BrN4O7/c1-24-21-41-35-28(24)13-14-30(34(35)38)32(15-17-40-36(43)39-2)49-33-22-42(37(44)45)18-16-29(33)25-9-11-27(12-10-25)48-20-6-19-47-23-26-7-4-5-8-31(26)46-3/h4-5,7-14,21,29,32-33,41H,6,15-20,22-23H2,1-3H3,(H,44,45)(H2,39,40,43). The van der Waals surface area contributed by atoms with Crippen LogP contribution in [0.4, 0.5) is 9.59 Å². The van der Waals surface area contributed by atoms with Crippen molar-refractivity contribution < 1.29 is 33.6 Å². The van der Waals surface area contributed by atoms with Gasteiger partial charge in [0, 0.05) is 54.1 Å². The summed E-state index contributed by atoms with van der Waals surface area (Å²) in [6.07, 6.45) is 1.99. The number of methoxy groups -OCH3 is 1. The molecule has 3 amide bonds. The van der Waals surface area contributed by atoms with Crippen molar-refractivity contribution >= 4 is 39.0 Å². The minimum absolute atomic E-state index is 0.0438. The molecule has 1 aliphatic rings. The molecule has 3 atom stereocenters. The minimum Gasteiger partial charge on any atom is -0.496 e. The highest BCUT2D eigenvalue weighted by molar-refractivity contribution is 9.10. The molecular formula is C37H45BrN4O7. The number of benzene rings is 3. The fourth-order valence-corrected chi connectivity index (χ4v) is 6.97. The Morgan fingerprint density at radius 3 is 2.65 bits per heavy atom. The van der Waals surface area contributed by atoms with Gasteiger partial charge in [0.1, 0.15) is 11.5 Å². The first kappa shape index (κ1) is 36.0. The predicted molar refractivity (Wildman–Crippen MR) is 192 cm³/mol. The van der Waals surface area contributed by atoms with Gasteiger partial charge in [-0.2, -0.15) is 0 Å². The highest BCUT2D eigenvalue weighted by atomic mass is 79.9. The van der Waals surface area contributed by atoms with E-state index in [1.54, 1.807) is 14.2 Å². The number of hydrogen-bond acceptors (Lipinski definition) is 6. The van der Waals surface area contributed by atoms with Crippen LogP contribution in [0.5, 0.6) is 11.5 Å². The zero-order valence-electron chi connectivity index (χ0n) is 28.2. The summed E-state index contributed by atoms with van der Waals surface area (Å²) in [6.45, 7) is 4.61. The first-order chi connectivity index (χ1) is 23.8. The van der Waals surface area contributed by atoms with E-state index in [1.165, 1.54) is 4.90 Å². The van der Waals surface area contributed by atoms with Gasteiger partial charge in [-0.3, -0.25) is 0 Å². The zero-order chi connectivity index (χ0) is 34.8. The Labute approximate surface area is 295 Å². The van der Waals surface area contributed by atoms with E-state index in [9.17, 15) is 14.7 Å². The lowest BCUT2D eigenvalue weighted by Crippen LogP contribution is -2.47. The zero-order valence-corrected chi connectivity index (χ0v) is 29.8. The monoisotopic (exact) mass is 736 g/mol. The number of urea groups is 1. The average molecular weight is 738 g/mol. The van der Waals surface area contributed by atoms with Gasteiger partial charge in [-0.1, -0.05) is 42.5 Å². The SMILES string of the molecule is CNC(=O)NCCC(OC1CN(C(=O)O)CCC1c1ccc(OCCCOCc2ccccc2OC)cc1)c1ccc2c(C)c[nH]c2c1Br. The summed E-state index contributed by atoms with van der Waals surface area (Å²) in [5.41, 5.74) is 5.09. The number of halogens is 1. The number of amides is 3. The van der Waals surface area contributed by atoms with Crippen LogP contribution in [0.25, 0.3) is 10.9 Å². The van der Waals surface area contributed by atoms with E-state index in [2.05, 4.69) is 44.5 Å². The molecular weight excluding hydrogens is 692 g/mol. The molecule has 5 rings (SSSR count). The van der Waals surface area contributed by atoms with Crippen LogP contribution in [0.1, 0.15) is 53.5 Å². The fraction of sp³-hybridized carbons (Fsp3) is 0.405. The number of ether oxygens (including phenoxy) is 4. The average Bonchev–Trinajstić information content (AvgIpc) is 3.50. The van der Waals surface area contributed by atoms with Crippen LogP contribution in [0.15, 0.2) is 71.3 Å². The number of aromatic nitrogens is 1. The molecule has 11 nitrogen and oxygen atoms in total. The molecule has 0 spiro atoms. The van der Waals surface area contributed by atoms with E-state index < -0.39 is 18.3 Å². The Morgan fingerprint density at radius 2 is 1.90 bits per heavy atom. The number of aromatic amines is 1. The van der Waals surface area contributed by atoms with Crippen molar-refractivity contribution in [2.45, 2.75) is 50.9 Å². The third-order valence-corrected chi connectivity index (χ3v) is 9.78. The summed E-state index contributed by atoms with van der Waals surface area (Å²) in [5, 5.41) is 16.4. The summed E-state index contributed by atoms with van der Waals surface area (Å²) >= 11 is 3.81. The summed E-state index contributed by atoms with van der Waals surface area (Å²) in [4.78, 5) is 28.8. The first-order valence-electron chi connectivity index (χ1n) is 16.6. The molecule has 0 bridgehead atoms. The lowest BCUT2D eigenvalue weighted by molar-refractivity contribution is -0.0600. The molecule has 1 aromatic heterocycles. The van der Waals surface area contributed by atoms with Crippen LogP contribution in [-0.4, -0.2) is 80.2 Å². The van der Waals surface area contributed by atoms with Crippen LogP contribution in [0.3, 0.4) is 0 Å². The van der Waals surface area contributed by atoms with Crippen molar-refractivity contribution in [1.82, 2.24) is 20.5 Å². The quantitative estimate of drug-likeness (QED) is 0.0953. The van der Waals surface area contributed by atoms with E-state index in [0.29, 0.717) is 45.8 Å². The maximum Gasteiger partial charge on any atom is 0.407 e. The number of carbonyl (C=O) groups is 2. The molecule has 1 fully saturated rings. The second kappa shape index (κ2) is 17.4. The Bertz CT molecular complexity index is 1700. The number of hydrogen-bond donors (Lipinski definition) is 4. The van der Waals surface area contributed by atoms with E-state index in [1.807, 2.05) is 60.8 Å². The van der Waals surface area contributed by atoms with Crippen molar-refractivity contribution in [3.63, 3.8) is 0 Å². The number of H-pyrrole nitrogens is 1. The lowest BCUT2D eigenvalue weighted by atomic mass is 9.86. The van der Waals surface area contributed by atoms with E-state index in [4.69, 9.17) is 18.9 Å². The number of aryl methyl sites for hydroxylation is 1. The van der Waals surface area contributed by atoms with Crippen molar-refractivity contribution in [3.05, 3.63) is 93.6 Å². The van der Waals surface area contributed by atoms with Crippen molar-refractivity contribution in [1.29, 1.82) is 0 Å². The van der Waals surface area contributed by atoms with Crippen LogP contribution in [0.2, 0.25) is 0 Å². The summed E-state index contributed by atoms with van der Waals surface area (Å²) in [7, 11) is 3.23. The molecule has 4 aromatic rings. The topological polar surface area (TPSA) is 134 Å². The first-order valence-corrected chi connectivity index (χ1v) is 17.4. The molecule has 2 heterocycles. The third-order valence-electron chi connectivity index (χ3n) is 8.92. The summed E-state index contributed by atoms with van der Waals surface area (Å²) < 4.78 is 25.0. The molecule has 3 unspecified atom stereocenters. The Balaban J connectivity index is 1.25. The Hall–Kier alpha value is -4.26. The van der Waals surface area contributed by atoms with Crippen molar-refractivity contribution in [2.75, 3.05) is 47.0 Å². The molecule has 1 saturated heterocycles. The molecule has 0 aliphatic carbocycles. The van der Waals surface area contributed by atoms with Gasteiger partial charge in [-0.15, -0.1) is 0 Å². The molecule has 0 saturated carbocycles. The number of fused-ring (bicyclic) bond motifs is 1. The number of rotatable bonds is 15. The Morgan fingerprint density at radius 1 is 1.10 bits per heavy atom. The molecule has 262 valence electrons. The number of piperidine rings is 1. The van der Waals surface area contributed by atoms with Gasteiger partial charge in [-0.05, 0) is 70.6 Å². The maximum atomic E-state index is 12.1. The normalized spacial score (nSPS) is 16.7. The smallest absolute Gasteiger partial charge is 0.407 e. The van der Waals surface area contributed by atoms with E-state index in [-0.39, 0.29) is 18.5 Å². The second-order valence-corrected chi connectivity index (χ2v) is 12.9. The van der Waals surface area contributed by atoms with Gasteiger partial charge in [0.15, 0.2) is 0 Å². The maximum absolute atomic E-state index is 12.1. The van der Waals surface area contributed by atoms with E-state index in [0.717, 1.165) is 55.5 Å². The number of para-hydroxylation sites is 1. The highest BCUT2D eigenvalue weighted by Gasteiger charge is 2.35. The van der Waals surface area contributed by atoms with Crippen LogP contribution in [0, 0.1) is 6.92 Å². The van der Waals surface area contributed by atoms with Crippen LogP contribution in [-0.2, 0) is 16.1 Å². The number of carbonyl (C=O) groups excluding carboxylic acids is 1. The number of likely N-dealkylation sites (tertiary alicyclic amines) is 1.